The predicted molar refractivity (Wildman–Crippen MR) is 136 cm³/mol. The molecule has 7 nitrogen and oxygen atoms in total. The number of hydrogen-bond acceptors (Lipinski definition) is 7. The molecule has 0 atom stereocenters. The third-order valence-electron chi connectivity index (χ3n) is 6.42. The van der Waals surface area contributed by atoms with Gasteiger partial charge in [-0.25, -0.2) is 0 Å². The summed E-state index contributed by atoms with van der Waals surface area (Å²) < 4.78 is 29.4. The Kier molecular flexibility index (Phi) is 7.15. The highest BCUT2D eigenvalue weighted by atomic mass is 16.7. The average molecular weight is 491 g/mol. The Labute approximate surface area is 210 Å². The summed E-state index contributed by atoms with van der Waals surface area (Å²) in [7, 11) is 4.64. The van der Waals surface area contributed by atoms with Gasteiger partial charge in [-0.15, -0.1) is 0 Å². The number of carbonyl (C=O) groups excluding carboxylic acids is 2. The number of methoxy groups -OCH3 is 3. The average Bonchev–Trinajstić information content (AvgIpc) is 3.34. The SMILES string of the molecule is COc1c(C=O)cc(C)cc1-c1cc(C2(C)OCCO2)cc(-c2cc(C)cc(C=O)c2OC)c1OC. The largest absolute Gasteiger partial charge is 0.495 e. The smallest absolute Gasteiger partial charge is 0.192 e. The van der Waals surface area contributed by atoms with E-state index in [1.807, 2.05) is 45.0 Å². The fourth-order valence-electron chi connectivity index (χ4n) is 4.83. The van der Waals surface area contributed by atoms with Crippen LogP contribution in [0.2, 0.25) is 0 Å². The summed E-state index contributed by atoms with van der Waals surface area (Å²) in [5.74, 6) is 0.396. The lowest BCUT2D eigenvalue weighted by atomic mass is 9.89. The highest BCUT2D eigenvalue weighted by Crippen LogP contribution is 2.49. The second-order valence-corrected chi connectivity index (χ2v) is 8.85. The Morgan fingerprint density at radius 1 is 0.667 bits per heavy atom. The molecule has 0 unspecified atom stereocenters. The highest BCUT2D eigenvalue weighted by Gasteiger charge is 2.35. The maximum atomic E-state index is 11.9. The van der Waals surface area contributed by atoms with E-state index in [0.717, 1.165) is 29.3 Å². The number of carbonyl (C=O) groups is 2. The molecule has 1 aliphatic heterocycles. The van der Waals surface area contributed by atoms with Crippen LogP contribution in [0.5, 0.6) is 17.2 Å². The van der Waals surface area contributed by atoms with Gasteiger partial charge in [0, 0.05) is 27.8 Å². The van der Waals surface area contributed by atoms with Gasteiger partial charge in [-0.2, -0.15) is 0 Å². The lowest BCUT2D eigenvalue weighted by molar-refractivity contribution is -0.149. The Bertz CT molecular complexity index is 1230. The Balaban J connectivity index is 2.15. The molecular weight excluding hydrogens is 460 g/mol. The van der Waals surface area contributed by atoms with E-state index in [1.165, 1.54) is 14.2 Å². The van der Waals surface area contributed by atoms with E-state index in [1.54, 1.807) is 19.2 Å². The van der Waals surface area contributed by atoms with E-state index in [0.29, 0.717) is 63.8 Å². The van der Waals surface area contributed by atoms with Crippen LogP contribution in [-0.4, -0.2) is 47.1 Å². The maximum Gasteiger partial charge on any atom is 0.192 e. The molecule has 4 rings (SSSR count). The number of benzene rings is 3. The summed E-state index contributed by atoms with van der Waals surface area (Å²) in [6, 6.07) is 11.3. The molecule has 3 aromatic rings. The summed E-state index contributed by atoms with van der Waals surface area (Å²) in [5.41, 5.74) is 6.12. The quantitative estimate of drug-likeness (QED) is 0.385. The molecule has 1 saturated heterocycles. The summed E-state index contributed by atoms with van der Waals surface area (Å²) in [6.07, 6.45) is 1.55. The van der Waals surface area contributed by atoms with Gasteiger partial charge in [0.05, 0.1) is 45.7 Å². The van der Waals surface area contributed by atoms with E-state index in [4.69, 9.17) is 23.7 Å². The molecular formula is C29H30O7. The van der Waals surface area contributed by atoms with Gasteiger partial charge < -0.3 is 23.7 Å². The van der Waals surface area contributed by atoms with Gasteiger partial charge in [0.2, 0.25) is 0 Å². The van der Waals surface area contributed by atoms with Crippen molar-refractivity contribution in [3.8, 4) is 39.5 Å². The minimum atomic E-state index is -0.995. The summed E-state index contributed by atoms with van der Waals surface area (Å²) >= 11 is 0. The number of ether oxygens (including phenoxy) is 5. The molecule has 7 heteroatoms. The number of aldehydes is 2. The number of hydrogen-bond donors (Lipinski definition) is 0. The van der Waals surface area contributed by atoms with Crippen molar-refractivity contribution in [3.63, 3.8) is 0 Å². The molecule has 0 spiro atoms. The zero-order valence-electron chi connectivity index (χ0n) is 21.4. The van der Waals surface area contributed by atoms with E-state index in [-0.39, 0.29) is 0 Å². The third kappa shape index (κ3) is 4.36. The van der Waals surface area contributed by atoms with Crippen LogP contribution >= 0.6 is 0 Å². The van der Waals surface area contributed by atoms with E-state index < -0.39 is 5.79 Å². The van der Waals surface area contributed by atoms with Gasteiger partial charge in [0.25, 0.3) is 0 Å². The van der Waals surface area contributed by atoms with Gasteiger partial charge in [0.15, 0.2) is 18.4 Å². The zero-order valence-corrected chi connectivity index (χ0v) is 21.4. The van der Waals surface area contributed by atoms with Gasteiger partial charge in [-0.05, 0) is 68.3 Å². The van der Waals surface area contributed by atoms with Gasteiger partial charge >= 0.3 is 0 Å². The van der Waals surface area contributed by atoms with Crippen LogP contribution in [0.15, 0.2) is 36.4 Å². The van der Waals surface area contributed by atoms with Crippen molar-refractivity contribution in [3.05, 3.63) is 64.2 Å². The molecule has 0 amide bonds. The fraction of sp³-hybridized carbons (Fsp3) is 0.310. The lowest BCUT2D eigenvalue weighted by Gasteiger charge is -2.27. The zero-order chi connectivity index (χ0) is 26.0. The van der Waals surface area contributed by atoms with Crippen molar-refractivity contribution < 1.29 is 33.3 Å². The van der Waals surface area contributed by atoms with E-state index >= 15 is 0 Å². The van der Waals surface area contributed by atoms with Crippen molar-refractivity contribution in [2.45, 2.75) is 26.6 Å². The van der Waals surface area contributed by atoms with E-state index in [9.17, 15) is 9.59 Å². The van der Waals surface area contributed by atoms with Crippen LogP contribution in [0.4, 0.5) is 0 Å². The molecule has 0 aliphatic carbocycles. The minimum absolute atomic E-state index is 0.428. The molecule has 1 heterocycles. The highest BCUT2D eigenvalue weighted by molar-refractivity contribution is 5.94. The second-order valence-electron chi connectivity index (χ2n) is 8.85. The van der Waals surface area contributed by atoms with Crippen molar-refractivity contribution in [2.24, 2.45) is 0 Å². The van der Waals surface area contributed by atoms with Crippen LogP contribution in [0.25, 0.3) is 22.3 Å². The van der Waals surface area contributed by atoms with Crippen LogP contribution in [0.1, 0.15) is 44.3 Å². The van der Waals surface area contributed by atoms with Gasteiger partial charge in [0.1, 0.15) is 17.2 Å². The molecule has 1 fully saturated rings. The Morgan fingerprint density at radius 3 is 1.42 bits per heavy atom. The fourth-order valence-corrected chi connectivity index (χ4v) is 4.83. The van der Waals surface area contributed by atoms with Crippen LogP contribution in [0, 0.1) is 13.8 Å². The van der Waals surface area contributed by atoms with Crippen LogP contribution in [-0.2, 0) is 15.3 Å². The maximum absolute atomic E-state index is 11.9. The number of rotatable bonds is 8. The molecule has 0 N–H and O–H groups in total. The summed E-state index contributed by atoms with van der Waals surface area (Å²) in [4.78, 5) is 23.8. The van der Waals surface area contributed by atoms with Crippen LogP contribution in [0.3, 0.4) is 0 Å². The molecule has 0 saturated carbocycles. The minimum Gasteiger partial charge on any atom is -0.495 e. The number of aryl methyl sites for hydroxylation is 2. The molecule has 188 valence electrons. The van der Waals surface area contributed by atoms with Crippen molar-refractivity contribution in [1.29, 1.82) is 0 Å². The molecule has 0 radical (unpaired) electrons. The molecule has 0 bridgehead atoms. The Hall–Kier alpha value is -3.68. The first-order chi connectivity index (χ1) is 17.3. The normalized spacial score (nSPS) is 14.4. The topological polar surface area (TPSA) is 80.3 Å². The van der Waals surface area contributed by atoms with Gasteiger partial charge in [-0.3, -0.25) is 9.59 Å². The third-order valence-corrected chi connectivity index (χ3v) is 6.42. The molecule has 3 aromatic carbocycles. The van der Waals surface area contributed by atoms with Crippen molar-refractivity contribution in [2.75, 3.05) is 34.5 Å². The molecule has 0 aromatic heterocycles. The first-order valence-corrected chi connectivity index (χ1v) is 11.6. The summed E-state index contributed by atoms with van der Waals surface area (Å²) in [6.45, 7) is 6.61. The van der Waals surface area contributed by atoms with Crippen molar-refractivity contribution in [1.82, 2.24) is 0 Å². The second kappa shape index (κ2) is 10.1. The van der Waals surface area contributed by atoms with E-state index in [2.05, 4.69) is 0 Å². The first kappa shape index (κ1) is 25.4. The lowest BCUT2D eigenvalue weighted by Crippen LogP contribution is -2.22. The van der Waals surface area contributed by atoms with Gasteiger partial charge in [-0.1, -0.05) is 0 Å². The predicted octanol–water partition coefficient (Wildman–Crippen LogP) is 5.51. The summed E-state index contributed by atoms with van der Waals surface area (Å²) in [5, 5.41) is 0. The Morgan fingerprint density at radius 2 is 1.06 bits per heavy atom. The standard InChI is InChI=1S/C29H30O7/c1-17-9-19(15-30)26(32-4)22(11-17)24-13-21(29(3)35-7-8-36-29)14-25(28(24)34-6)23-12-18(2)10-20(16-31)27(23)33-5/h9-16H,7-8H2,1-6H3. The van der Waals surface area contributed by atoms with Crippen molar-refractivity contribution >= 4 is 12.6 Å². The monoisotopic (exact) mass is 490 g/mol. The molecule has 36 heavy (non-hydrogen) atoms. The first-order valence-electron chi connectivity index (χ1n) is 11.6. The molecule has 1 aliphatic rings. The van der Waals surface area contributed by atoms with Crippen LogP contribution < -0.4 is 14.2 Å².